The van der Waals surface area contributed by atoms with Gasteiger partial charge in [-0.3, -0.25) is 4.68 Å². The SMILES string of the molecule is CCOC(=O)c1oc(-c2cc(C)nn2C)nc1C(C)C. The molecule has 2 heterocycles. The van der Waals surface area contributed by atoms with Crippen LogP contribution in [0.4, 0.5) is 0 Å². The molecular weight excluding hydrogens is 258 g/mol. The van der Waals surface area contributed by atoms with Crippen molar-refractivity contribution in [3.63, 3.8) is 0 Å². The van der Waals surface area contributed by atoms with Gasteiger partial charge in [-0.15, -0.1) is 0 Å². The molecule has 0 aliphatic carbocycles. The molecule has 108 valence electrons. The van der Waals surface area contributed by atoms with Crippen molar-refractivity contribution in [2.24, 2.45) is 7.05 Å². The van der Waals surface area contributed by atoms with Crippen molar-refractivity contribution in [1.29, 1.82) is 0 Å². The molecule has 20 heavy (non-hydrogen) atoms. The Morgan fingerprint density at radius 2 is 2.20 bits per heavy atom. The fourth-order valence-electron chi connectivity index (χ4n) is 1.99. The molecule has 0 atom stereocenters. The highest BCUT2D eigenvalue weighted by molar-refractivity contribution is 5.88. The van der Waals surface area contributed by atoms with E-state index in [0.717, 1.165) is 11.4 Å². The number of aromatic nitrogens is 3. The number of hydrogen-bond donors (Lipinski definition) is 0. The molecule has 0 saturated heterocycles. The maximum atomic E-state index is 11.9. The minimum Gasteiger partial charge on any atom is -0.460 e. The van der Waals surface area contributed by atoms with Gasteiger partial charge in [0.15, 0.2) is 0 Å². The Balaban J connectivity index is 2.49. The summed E-state index contributed by atoms with van der Waals surface area (Å²) in [6.45, 7) is 7.87. The third-order valence-corrected chi connectivity index (χ3v) is 2.88. The molecule has 0 aromatic carbocycles. The van der Waals surface area contributed by atoms with Crippen molar-refractivity contribution in [2.45, 2.75) is 33.6 Å². The molecule has 2 aromatic rings. The molecule has 0 fully saturated rings. The van der Waals surface area contributed by atoms with Crippen LogP contribution < -0.4 is 0 Å². The van der Waals surface area contributed by atoms with Crippen molar-refractivity contribution in [2.75, 3.05) is 6.61 Å². The zero-order valence-corrected chi connectivity index (χ0v) is 12.4. The van der Waals surface area contributed by atoms with E-state index in [-0.39, 0.29) is 11.7 Å². The predicted molar refractivity (Wildman–Crippen MR) is 73.5 cm³/mol. The van der Waals surface area contributed by atoms with Gasteiger partial charge in [0.05, 0.1) is 18.0 Å². The molecule has 0 radical (unpaired) electrons. The van der Waals surface area contributed by atoms with Gasteiger partial charge in [-0.25, -0.2) is 9.78 Å². The van der Waals surface area contributed by atoms with Crippen molar-refractivity contribution < 1.29 is 13.9 Å². The van der Waals surface area contributed by atoms with E-state index in [1.165, 1.54) is 0 Å². The molecule has 0 spiro atoms. The second-order valence-corrected chi connectivity index (χ2v) is 4.90. The van der Waals surface area contributed by atoms with Crippen molar-refractivity contribution in [3.05, 3.63) is 23.2 Å². The van der Waals surface area contributed by atoms with Crippen LogP contribution in [0.5, 0.6) is 0 Å². The molecule has 2 aromatic heterocycles. The van der Waals surface area contributed by atoms with Gasteiger partial charge in [0, 0.05) is 7.05 Å². The van der Waals surface area contributed by atoms with Crippen LogP contribution >= 0.6 is 0 Å². The first kappa shape index (κ1) is 14.3. The third kappa shape index (κ3) is 2.59. The Morgan fingerprint density at radius 1 is 1.50 bits per heavy atom. The summed E-state index contributed by atoms with van der Waals surface area (Å²) >= 11 is 0. The molecule has 6 nitrogen and oxygen atoms in total. The molecule has 2 rings (SSSR count). The van der Waals surface area contributed by atoms with Gasteiger partial charge in [0.2, 0.25) is 11.7 Å². The molecule has 0 saturated carbocycles. The average Bonchev–Trinajstić information content (AvgIpc) is 2.93. The van der Waals surface area contributed by atoms with Gasteiger partial charge in [0.1, 0.15) is 5.69 Å². The quantitative estimate of drug-likeness (QED) is 0.803. The number of rotatable bonds is 4. The summed E-state index contributed by atoms with van der Waals surface area (Å²) < 4.78 is 12.3. The van der Waals surface area contributed by atoms with E-state index >= 15 is 0 Å². The molecule has 0 amide bonds. The predicted octanol–water partition coefficient (Wildman–Crippen LogP) is 2.68. The second-order valence-electron chi connectivity index (χ2n) is 4.90. The van der Waals surface area contributed by atoms with Gasteiger partial charge in [-0.1, -0.05) is 13.8 Å². The summed E-state index contributed by atoms with van der Waals surface area (Å²) in [4.78, 5) is 16.4. The summed E-state index contributed by atoms with van der Waals surface area (Å²) in [7, 11) is 1.81. The highest BCUT2D eigenvalue weighted by Crippen LogP contribution is 2.27. The van der Waals surface area contributed by atoms with Crippen molar-refractivity contribution in [3.8, 4) is 11.6 Å². The van der Waals surface area contributed by atoms with Gasteiger partial charge in [0.25, 0.3) is 0 Å². The van der Waals surface area contributed by atoms with Crippen molar-refractivity contribution in [1.82, 2.24) is 14.8 Å². The van der Waals surface area contributed by atoms with Crippen LogP contribution in [0.3, 0.4) is 0 Å². The standard InChI is InChI=1S/C14H19N3O3/c1-6-19-14(18)12-11(8(2)3)15-13(20-12)10-7-9(4)16-17(10)5/h7-8H,6H2,1-5H3. The first-order valence-corrected chi connectivity index (χ1v) is 6.62. The number of aryl methyl sites for hydroxylation is 2. The third-order valence-electron chi connectivity index (χ3n) is 2.88. The molecule has 0 N–H and O–H groups in total. The van der Waals surface area contributed by atoms with E-state index < -0.39 is 5.97 Å². The first-order chi connectivity index (χ1) is 9.43. The van der Waals surface area contributed by atoms with E-state index in [1.54, 1.807) is 11.6 Å². The summed E-state index contributed by atoms with van der Waals surface area (Å²) in [5, 5.41) is 4.25. The lowest BCUT2D eigenvalue weighted by Gasteiger charge is -2.02. The first-order valence-electron chi connectivity index (χ1n) is 6.62. The average molecular weight is 277 g/mol. The zero-order chi connectivity index (χ0) is 14.9. The number of carbonyl (C=O) groups is 1. The Kier molecular flexibility index (Phi) is 3.92. The summed E-state index contributed by atoms with van der Waals surface area (Å²) in [5.41, 5.74) is 2.21. The number of ether oxygens (including phenoxy) is 1. The summed E-state index contributed by atoms with van der Waals surface area (Å²) in [6, 6.07) is 1.87. The highest BCUT2D eigenvalue weighted by atomic mass is 16.5. The van der Waals surface area contributed by atoms with Crippen LogP contribution in [0.2, 0.25) is 0 Å². The largest absolute Gasteiger partial charge is 0.460 e. The number of nitrogens with zero attached hydrogens (tertiary/aromatic N) is 3. The Hall–Kier alpha value is -2.11. The van der Waals surface area contributed by atoms with E-state index in [0.29, 0.717) is 18.2 Å². The minimum atomic E-state index is -0.478. The maximum absolute atomic E-state index is 11.9. The topological polar surface area (TPSA) is 70.2 Å². The Bertz CT molecular complexity index is 626. The van der Waals surface area contributed by atoms with Crippen LogP contribution in [0.15, 0.2) is 10.5 Å². The van der Waals surface area contributed by atoms with E-state index in [4.69, 9.17) is 9.15 Å². The number of esters is 1. The molecule has 0 aliphatic rings. The fraction of sp³-hybridized carbons (Fsp3) is 0.500. The Morgan fingerprint density at radius 3 is 2.70 bits per heavy atom. The van der Waals surface area contributed by atoms with Gasteiger partial charge >= 0.3 is 5.97 Å². The lowest BCUT2D eigenvalue weighted by Crippen LogP contribution is -2.07. The van der Waals surface area contributed by atoms with E-state index in [9.17, 15) is 4.79 Å². The van der Waals surface area contributed by atoms with Crippen LogP contribution in [0, 0.1) is 6.92 Å². The smallest absolute Gasteiger partial charge is 0.376 e. The number of carbonyl (C=O) groups excluding carboxylic acids is 1. The molecule has 0 unspecified atom stereocenters. The number of hydrogen-bond acceptors (Lipinski definition) is 5. The van der Waals surface area contributed by atoms with Crippen LogP contribution in [0.25, 0.3) is 11.6 Å². The Labute approximate surface area is 117 Å². The minimum absolute atomic E-state index is 0.0706. The van der Waals surface area contributed by atoms with Crippen LogP contribution in [-0.2, 0) is 11.8 Å². The maximum Gasteiger partial charge on any atom is 0.376 e. The molecule has 0 bridgehead atoms. The number of oxazole rings is 1. The summed E-state index contributed by atoms with van der Waals surface area (Å²) in [5.74, 6) is 0.158. The van der Waals surface area contributed by atoms with Crippen molar-refractivity contribution >= 4 is 5.97 Å². The van der Waals surface area contributed by atoms with Crippen LogP contribution in [0.1, 0.15) is 48.6 Å². The monoisotopic (exact) mass is 277 g/mol. The normalized spacial score (nSPS) is 11.1. The molecule has 6 heteroatoms. The van der Waals surface area contributed by atoms with Crippen LogP contribution in [-0.4, -0.2) is 27.3 Å². The van der Waals surface area contributed by atoms with E-state index in [1.807, 2.05) is 33.9 Å². The van der Waals surface area contributed by atoms with Gasteiger partial charge < -0.3 is 9.15 Å². The lowest BCUT2D eigenvalue weighted by molar-refractivity contribution is 0.0488. The zero-order valence-electron chi connectivity index (χ0n) is 12.4. The van der Waals surface area contributed by atoms with Gasteiger partial charge in [-0.2, -0.15) is 5.10 Å². The van der Waals surface area contributed by atoms with E-state index in [2.05, 4.69) is 10.1 Å². The highest BCUT2D eigenvalue weighted by Gasteiger charge is 2.25. The molecule has 0 aliphatic heterocycles. The fourth-order valence-corrected chi connectivity index (χ4v) is 1.99. The van der Waals surface area contributed by atoms with Gasteiger partial charge in [-0.05, 0) is 25.8 Å². The second kappa shape index (κ2) is 5.48. The summed E-state index contributed by atoms with van der Waals surface area (Å²) in [6.07, 6.45) is 0. The molecular formula is C14H19N3O3. The lowest BCUT2D eigenvalue weighted by atomic mass is 10.1.